The smallest absolute Gasteiger partial charge is 0.332 e. The molecule has 13 heavy (non-hydrogen) atoms. The van der Waals surface area contributed by atoms with Crippen molar-refractivity contribution in [1.82, 2.24) is 0 Å². The molecule has 0 aliphatic heterocycles. The first-order valence-electron chi connectivity index (χ1n) is 4.75. The summed E-state index contributed by atoms with van der Waals surface area (Å²) in [6.45, 7) is 2.17. The Morgan fingerprint density at radius 3 is 2.38 bits per heavy atom. The van der Waals surface area contributed by atoms with E-state index in [4.69, 9.17) is 5.11 Å². The molecule has 0 aromatic carbocycles. The maximum atomic E-state index is 10.6. The molecule has 0 unspecified atom stereocenters. The third-order valence-corrected chi connectivity index (χ3v) is 2.51. The van der Waals surface area contributed by atoms with E-state index in [1.807, 2.05) is 0 Å². The SMILES string of the molecule is CCCCCCCC(=CBr)C(=O)O. The topological polar surface area (TPSA) is 37.3 Å². The summed E-state index contributed by atoms with van der Waals surface area (Å²) in [5, 5.41) is 8.68. The highest BCUT2D eigenvalue weighted by molar-refractivity contribution is 9.11. The van der Waals surface area contributed by atoms with Gasteiger partial charge in [-0.15, -0.1) is 0 Å². The highest BCUT2D eigenvalue weighted by Gasteiger charge is 2.04. The van der Waals surface area contributed by atoms with Crippen LogP contribution >= 0.6 is 15.9 Å². The zero-order valence-corrected chi connectivity index (χ0v) is 9.64. The summed E-state index contributed by atoms with van der Waals surface area (Å²) in [6, 6.07) is 0. The van der Waals surface area contributed by atoms with Crippen molar-refractivity contribution in [2.24, 2.45) is 0 Å². The van der Waals surface area contributed by atoms with E-state index in [9.17, 15) is 4.79 Å². The van der Waals surface area contributed by atoms with Crippen molar-refractivity contribution in [1.29, 1.82) is 0 Å². The Kier molecular flexibility index (Phi) is 8.10. The third kappa shape index (κ3) is 6.82. The molecular weight excluding hydrogens is 232 g/mol. The number of hydrogen-bond donors (Lipinski definition) is 1. The van der Waals surface area contributed by atoms with Gasteiger partial charge < -0.3 is 5.11 Å². The molecule has 0 saturated heterocycles. The van der Waals surface area contributed by atoms with E-state index in [0.29, 0.717) is 12.0 Å². The van der Waals surface area contributed by atoms with Crippen LogP contribution in [0.15, 0.2) is 10.6 Å². The maximum Gasteiger partial charge on any atom is 0.332 e. The molecule has 0 saturated carbocycles. The number of carboxylic acids is 1. The van der Waals surface area contributed by atoms with Gasteiger partial charge in [0.1, 0.15) is 0 Å². The third-order valence-electron chi connectivity index (χ3n) is 1.96. The molecule has 0 aliphatic carbocycles. The van der Waals surface area contributed by atoms with E-state index in [1.54, 1.807) is 0 Å². The predicted octanol–water partition coefficient (Wildman–Crippen LogP) is 3.71. The fourth-order valence-corrected chi connectivity index (χ4v) is 1.55. The van der Waals surface area contributed by atoms with Crippen LogP contribution in [0.1, 0.15) is 45.4 Å². The Morgan fingerprint density at radius 2 is 1.92 bits per heavy atom. The number of unbranched alkanes of at least 4 members (excludes halogenated alkanes) is 4. The Hall–Kier alpha value is -0.310. The quantitative estimate of drug-likeness (QED) is 0.551. The average Bonchev–Trinajstić information content (AvgIpc) is 2.10. The number of rotatable bonds is 7. The van der Waals surface area contributed by atoms with Crippen molar-refractivity contribution < 1.29 is 9.90 Å². The number of halogens is 1. The predicted molar refractivity (Wildman–Crippen MR) is 58.0 cm³/mol. The normalized spacial score (nSPS) is 11.7. The van der Waals surface area contributed by atoms with E-state index in [0.717, 1.165) is 12.8 Å². The van der Waals surface area contributed by atoms with Gasteiger partial charge in [-0.1, -0.05) is 48.5 Å². The minimum atomic E-state index is -0.813. The summed E-state index contributed by atoms with van der Waals surface area (Å²) in [6.07, 6.45) is 6.46. The van der Waals surface area contributed by atoms with Crippen LogP contribution in [-0.4, -0.2) is 11.1 Å². The molecule has 3 heteroatoms. The second-order valence-corrected chi connectivity index (χ2v) is 3.56. The second-order valence-electron chi connectivity index (χ2n) is 3.10. The minimum Gasteiger partial charge on any atom is -0.478 e. The first-order valence-corrected chi connectivity index (χ1v) is 5.66. The van der Waals surface area contributed by atoms with Crippen LogP contribution in [0.3, 0.4) is 0 Å². The van der Waals surface area contributed by atoms with Crippen molar-refractivity contribution in [3.8, 4) is 0 Å². The van der Waals surface area contributed by atoms with Gasteiger partial charge in [0.05, 0.1) is 0 Å². The highest BCUT2D eigenvalue weighted by atomic mass is 79.9. The largest absolute Gasteiger partial charge is 0.478 e. The molecule has 0 aromatic rings. The monoisotopic (exact) mass is 248 g/mol. The van der Waals surface area contributed by atoms with Crippen LogP contribution in [-0.2, 0) is 4.79 Å². The van der Waals surface area contributed by atoms with Crippen LogP contribution in [0.4, 0.5) is 0 Å². The van der Waals surface area contributed by atoms with Crippen molar-refractivity contribution >= 4 is 21.9 Å². The maximum absolute atomic E-state index is 10.6. The van der Waals surface area contributed by atoms with Gasteiger partial charge in [-0.05, 0) is 17.8 Å². The molecule has 1 N–H and O–H groups in total. The van der Waals surface area contributed by atoms with Gasteiger partial charge in [-0.3, -0.25) is 0 Å². The zero-order valence-electron chi connectivity index (χ0n) is 8.05. The lowest BCUT2D eigenvalue weighted by atomic mass is 10.1. The lowest BCUT2D eigenvalue weighted by Gasteiger charge is -2.00. The summed E-state index contributed by atoms with van der Waals surface area (Å²) in [5.74, 6) is -0.813. The molecule has 0 rings (SSSR count). The van der Waals surface area contributed by atoms with Gasteiger partial charge in [0.15, 0.2) is 0 Å². The number of carboxylic acid groups (broad SMARTS) is 1. The minimum absolute atomic E-state index is 0.469. The summed E-state index contributed by atoms with van der Waals surface area (Å²) < 4.78 is 0. The van der Waals surface area contributed by atoms with Gasteiger partial charge in [0, 0.05) is 5.57 Å². The standard InChI is InChI=1S/C10H17BrO2/c1-2-3-4-5-6-7-9(8-11)10(12)13/h8H,2-7H2,1H3,(H,12,13). The summed E-state index contributed by atoms with van der Waals surface area (Å²) in [5.41, 5.74) is 0.469. The Labute approximate surface area is 88.2 Å². The molecule has 0 aliphatic rings. The molecule has 0 bridgehead atoms. The summed E-state index contributed by atoms with van der Waals surface area (Å²) in [4.78, 5) is 12.1. The van der Waals surface area contributed by atoms with Crippen LogP contribution in [0.5, 0.6) is 0 Å². The molecular formula is C10H17BrO2. The molecule has 0 aromatic heterocycles. The van der Waals surface area contributed by atoms with E-state index in [-0.39, 0.29) is 0 Å². The second kappa shape index (κ2) is 8.30. The number of hydrogen-bond acceptors (Lipinski definition) is 1. The van der Waals surface area contributed by atoms with Crippen molar-refractivity contribution in [3.05, 3.63) is 10.6 Å². The average molecular weight is 249 g/mol. The van der Waals surface area contributed by atoms with Crippen molar-refractivity contribution in [2.45, 2.75) is 45.4 Å². The number of carbonyl (C=O) groups is 1. The van der Waals surface area contributed by atoms with Gasteiger partial charge in [0.25, 0.3) is 0 Å². The van der Waals surface area contributed by atoms with Crippen LogP contribution in [0.25, 0.3) is 0 Å². The molecule has 0 spiro atoms. The highest BCUT2D eigenvalue weighted by Crippen LogP contribution is 2.12. The first kappa shape index (κ1) is 12.7. The van der Waals surface area contributed by atoms with Gasteiger partial charge in [-0.25, -0.2) is 4.79 Å². The van der Waals surface area contributed by atoms with E-state index in [2.05, 4.69) is 22.9 Å². The molecule has 0 heterocycles. The molecule has 0 fully saturated rings. The van der Waals surface area contributed by atoms with Gasteiger partial charge >= 0.3 is 5.97 Å². The van der Waals surface area contributed by atoms with Crippen LogP contribution in [0.2, 0.25) is 0 Å². The zero-order chi connectivity index (χ0) is 10.1. The van der Waals surface area contributed by atoms with Crippen molar-refractivity contribution in [2.75, 3.05) is 0 Å². The number of aliphatic carboxylic acids is 1. The molecule has 0 atom stereocenters. The van der Waals surface area contributed by atoms with Gasteiger partial charge in [-0.2, -0.15) is 0 Å². The van der Waals surface area contributed by atoms with Crippen LogP contribution in [0, 0.1) is 0 Å². The summed E-state index contributed by atoms with van der Waals surface area (Å²) >= 11 is 3.06. The van der Waals surface area contributed by atoms with E-state index < -0.39 is 5.97 Å². The fourth-order valence-electron chi connectivity index (χ4n) is 1.13. The first-order chi connectivity index (χ1) is 6.22. The van der Waals surface area contributed by atoms with E-state index in [1.165, 1.54) is 24.2 Å². The lowest BCUT2D eigenvalue weighted by Crippen LogP contribution is -1.99. The van der Waals surface area contributed by atoms with Gasteiger partial charge in [0.2, 0.25) is 0 Å². The lowest BCUT2D eigenvalue weighted by molar-refractivity contribution is -0.132. The Balaban J connectivity index is 3.46. The molecule has 76 valence electrons. The molecule has 2 nitrogen and oxygen atoms in total. The fraction of sp³-hybridized carbons (Fsp3) is 0.700. The molecule has 0 amide bonds. The van der Waals surface area contributed by atoms with E-state index >= 15 is 0 Å². The summed E-state index contributed by atoms with van der Waals surface area (Å²) in [7, 11) is 0. The van der Waals surface area contributed by atoms with Crippen molar-refractivity contribution in [3.63, 3.8) is 0 Å². The van der Waals surface area contributed by atoms with Crippen LogP contribution < -0.4 is 0 Å². The Morgan fingerprint density at radius 1 is 1.31 bits per heavy atom. The molecule has 0 radical (unpaired) electrons. The Bertz CT molecular complexity index is 176.